The second kappa shape index (κ2) is 13.0. The number of carbonyl (C=O) groups excluding carboxylic acids is 2. The molecule has 0 saturated carbocycles. The second-order valence-electron chi connectivity index (χ2n) is 12.2. The van der Waals surface area contributed by atoms with E-state index in [-0.39, 0.29) is 59.5 Å². The van der Waals surface area contributed by atoms with Crippen LogP contribution in [0.15, 0.2) is 16.8 Å². The molecule has 3 aliphatic rings. The Morgan fingerprint density at radius 1 is 1.07 bits per heavy atom. The third-order valence-electron chi connectivity index (χ3n) is 9.20. The standard InChI is InChI=1S/C33H40N4O6S2/c1-14-19(6-8-28(38)39)24(34-21(14)10-23-16(3)31(27-13-45-27)33(43)36-23)12-25-20(7-9-29(40)41)15(2)22(35-25)11-26-30(18(5)44)17(4)32(42)37-26/h6,11-12,17-18,23,27,30,34-35,44H,7-10,13H2,1-5H3,(H,36,43)(H,37,42)(H,38,39)(H,40,41)/b19-6+,24-12-,26-11-/t17-,18+,23-,27-,30+/m1/s1. The Hall–Kier alpha value is -3.64. The Balaban J connectivity index is 1.60. The molecule has 0 spiro atoms. The molecule has 240 valence electrons. The van der Waals surface area contributed by atoms with E-state index in [0.717, 1.165) is 55.9 Å². The summed E-state index contributed by atoms with van der Waals surface area (Å²) >= 11 is 6.39. The van der Waals surface area contributed by atoms with Crippen molar-refractivity contribution >= 4 is 66.4 Å². The lowest BCUT2D eigenvalue weighted by molar-refractivity contribution is -0.137. The minimum atomic E-state index is -0.955. The zero-order chi connectivity index (χ0) is 32.7. The monoisotopic (exact) mass is 652 g/mol. The minimum absolute atomic E-state index is 0.0184. The van der Waals surface area contributed by atoms with E-state index in [1.165, 1.54) is 0 Å². The van der Waals surface area contributed by atoms with Crippen LogP contribution < -0.4 is 21.2 Å². The van der Waals surface area contributed by atoms with Gasteiger partial charge in [-0.3, -0.25) is 19.2 Å². The first-order chi connectivity index (χ1) is 21.3. The smallest absolute Gasteiger partial charge is 0.307 e. The van der Waals surface area contributed by atoms with Crippen molar-refractivity contribution in [2.24, 2.45) is 11.8 Å². The van der Waals surface area contributed by atoms with Crippen LogP contribution in [0.3, 0.4) is 0 Å². The van der Waals surface area contributed by atoms with Crippen molar-refractivity contribution in [3.05, 3.63) is 61.2 Å². The molecule has 0 aromatic carbocycles. The van der Waals surface area contributed by atoms with Crippen LogP contribution in [0, 0.1) is 25.7 Å². The molecule has 45 heavy (non-hydrogen) atoms. The van der Waals surface area contributed by atoms with Crippen LogP contribution >= 0.6 is 24.4 Å². The van der Waals surface area contributed by atoms with Gasteiger partial charge in [0.25, 0.3) is 0 Å². The minimum Gasteiger partial charge on any atom is -0.481 e. The number of aromatic amines is 2. The number of aliphatic carboxylic acids is 2. The zero-order valence-corrected chi connectivity index (χ0v) is 27.7. The molecular weight excluding hydrogens is 613 g/mol. The van der Waals surface area contributed by atoms with E-state index >= 15 is 0 Å². The van der Waals surface area contributed by atoms with Crippen LogP contribution in [0.1, 0.15) is 67.4 Å². The van der Waals surface area contributed by atoms with Gasteiger partial charge in [0.15, 0.2) is 0 Å². The van der Waals surface area contributed by atoms with E-state index < -0.39 is 11.9 Å². The summed E-state index contributed by atoms with van der Waals surface area (Å²) in [6.07, 6.45) is 6.05. The van der Waals surface area contributed by atoms with Crippen molar-refractivity contribution in [1.29, 1.82) is 0 Å². The van der Waals surface area contributed by atoms with Gasteiger partial charge in [0.05, 0.1) is 12.5 Å². The first kappa shape index (κ1) is 32.7. The van der Waals surface area contributed by atoms with E-state index in [0.29, 0.717) is 17.5 Å². The molecule has 5 heterocycles. The van der Waals surface area contributed by atoms with Crippen LogP contribution in [0.5, 0.6) is 0 Å². The van der Waals surface area contributed by atoms with Gasteiger partial charge in [-0.15, -0.1) is 0 Å². The summed E-state index contributed by atoms with van der Waals surface area (Å²) in [6.45, 7) is 9.70. The zero-order valence-electron chi connectivity index (χ0n) is 26.0. The number of carboxylic acids is 2. The van der Waals surface area contributed by atoms with Gasteiger partial charge in [0, 0.05) is 74.6 Å². The summed E-state index contributed by atoms with van der Waals surface area (Å²) < 4.78 is 0. The number of thioether (sulfide) groups is 1. The Kier molecular flexibility index (Phi) is 9.46. The number of carboxylic acid groups (broad SMARTS) is 2. The van der Waals surface area contributed by atoms with Gasteiger partial charge >= 0.3 is 11.9 Å². The van der Waals surface area contributed by atoms with E-state index in [1.54, 1.807) is 17.8 Å². The first-order valence-electron chi connectivity index (χ1n) is 15.1. The van der Waals surface area contributed by atoms with Gasteiger partial charge in [0.1, 0.15) is 0 Å². The first-order valence-corrected chi connectivity index (χ1v) is 16.7. The van der Waals surface area contributed by atoms with E-state index in [4.69, 9.17) is 0 Å². The predicted molar refractivity (Wildman–Crippen MR) is 178 cm³/mol. The number of allylic oxidation sites excluding steroid dienone is 1. The predicted octanol–water partition coefficient (Wildman–Crippen LogP) is 2.57. The molecule has 3 aliphatic heterocycles. The lowest BCUT2D eigenvalue weighted by atomic mass is 9.91. The van der Waals surface area contributed by atoms with Crippen LogP contribution in [-0.4, -0.2) is 66.2 Å². The molecule has 2 saturated heterocycles. The van der Waals surface area contributed by atoms with Gasteiger partial charge in [-0.1, -0.05) is 19.9 Å². The molecule has 0 radical (unpaired) electrons. The number of nitrogens with one attached hydrogen (secondary N) is 4. The van der Waals surface area contributed by atoms with Crippen molar-refractivity contribution in [1.82, 2.24) is 20.6 Å². The average Bonchev–Trinajstić information content (AvgIpc) is 3.52. The lowest BCUT2D eigenvalue weighted by Gasteiger charge is -2.17. The maximum atomic E-state index is 12.7. The van der Waals surface area contributed by atoms with Crippen LogP contribution in [0.25, 0.3) is 18.2 Å². The quantitative estimate of drug-likeness (QED) is 0.145. The summed E-state index contributed by atoms with van der Waals surface area (Å²) in [6, 6.07) is -0.158. The maximum absolute atomic E-state index is 12.7. The molecular formula is C33H40N4O6S2. The average molecular weight is 653 g/mol. The second-order valence-corrected chi connectivity index (χ2v) is 14.3. The van der Waals surface area contributed by atoms with E-state index in [2.05, 4.69) is 33.2 Å². The van der Waals surface area contributed by atoms with Crippen LogP contribution in [0.2, 0.25) is 0 Å². The highest BCUT2D eigenvalue weighted by Crippen LogP contribution is 2.40. The van der Waals surface area contributed by atoms with Crippen molar-refractivity contribution in [2.45, 2.75) is 76.8 Å². The lowest BCUT2D eigenvalue weighted by Crippen LogP contribution is -2.31. The Labute approximate surface area is 271 Å². The molecule has 6 N–H and O–H groups in total. The summed E-state index contributed by atoms with van der Waals surface area (Å²) in [4.78, 5) is 55.3. The molecule has 2 aromatic rings. The number of thiol groups is 1. The van der Waals surface area contributed by atoms with Crippen LogP contribution in [-0.2, 0) is 32.0 Å². The fourth-order valence-electron chi connectivity index (χ4n) is 6.57. The molecule has 2 fully saturated rings. The molecule has 0 aliphatic carbocycles. The maximum Gasteiger partial charge on any atom is 0.307 e. The molecule has 10 nitrogen and oxygen atoms in total. The number of carbonyl (C=O) groups is 4. The summed E-state index contributed by atoms with van der Waals surface area (Å²) in [5, 5.41) is 26.7. The van der Waals surface area contributed by atoms with Crippen molar-refractivity contribution in [3.8, 4) is 0 Å². The molecule has 5 atom stereocenters. The summed E-state index contributed by atoms with van der Waals surface area (Å²) in [7, 11) is 0. The van der Waals surface area contributed by atoms with E-state index in [9.17, 15) is 29.4 Å². The van der Waals surface area contributed by atoms with Gasteiger partial charge in [-0.05, 0) is 66.8 Å². The van der Waals surface area contributed by atoms with Crippen LogP contribution in [0.4, 0.5) is 0 Å². The number of hydrogen-bond donors (Lipinski definition) is 7. The number of aromatic nitrogens is 2. The van der Waals surface area contributed by atoms with Crippen molar-refractivity contribution in [2.75, 3.05) is 5.75 Å². The number of amides is 2. The molecule has 2 amide bonds. The highest BCUT2D eigenvalue weighted by molar-refractivity contribution is 8.07. The van der Waals surface area contributed by atoms with Crippen molar-refractivity contribution < 1.29 is 29.4 Å². The van der Waals surface area contributed by atoms with Gasteiger partial charge in [-0.25, -0.2) is 0 Å². The highest BCUT2D eigenvalue weighted by atomic mass is 32.2. The molecule has 0 unspecified atom stereocenters. The SMILES string of the molecule is CC1=C([C@H]2CS2)C(=O)N[C@@H]1Cc1[nH]c(=C\c2[nH]c(/C=C3\NC(=O)[C@H](C)[C@H]3[C@H](C)S)c(C)c2CCC(=O)O)/c(=C/CC(=O)O)c1C. The summed E-state index contributed by atoms with van der Waals surface area (Å²) in [5.41, 5.74) is 7.60. The molecule has 5 rings (SSSR count). The largest absolute Gasteiger partial charge is 0.481 e. The molecule has 2 aromatic heterocycles. The third kappa shape index (κ3) is 6.81. The number of rotatable bonds is 11. The van der Waals surface area contributed by atoms with E-state index in [1.807, 2.05) is 46.8 Å². The van der Waals surface area contributed by atoms with Gasteiger partial charge in [-0.2, -0.15) is 24.4 Å². The number of hydrogen-bond acceptors (Lipinski definition) is 6. The fourth-order valence-corrected chi connectivity index (χ4v) is 7.72. The third-order valence-corrected chi connectivity index (χ3v) is 10.4. The number of H-pyrrole nitrogens is 2. The van der Waals surface area contributed by atoms with Crippen molar-refractivity contribution in [3.63, 3.8) is 0 Å². The Bertz CT molecular complexity index is 1760. The van der Waals surface area contributed by atoms with Gasteiger partial charge < -0.3 is 30.8 Å². The molecule has 12 heteroatoms. The highest BCUT2D eigenvalue weighted by Gasteiger charge is 2.40. The summed E-state index contributed by atoms with van der Waals surface area (Å²) in [5.74, 6) is -1.32. The normalized spacial score (nSPS) is 25.3. The topological polar surface area (TPSA) is 164 Å². The Morgan fingerprint density at radius 3 is 2.40 bits per heavy atom. The Morgan fingerprint density at radius 2 is 1.78 bits per heavy atom. The molecule has 0 bridgehead atoms. The van der Waals surface area contributed by atoms with Gasteiger partial charge in [0.2, 0.25) is 11.8 Å². The fraction of sp³-hybridized carbons (Fsp3) is 0.455.